The summed E-state index contributed by atoms with van der Waals surface area (Å²) in [6, 6.07) is 9.01. The van der Waals surface area contributed by atoms with E-state index < -0.39 is 15.9 Å². The third kappa shape index (κ3) is 4.72. The van der Waals surface area contributed by atoms with Gasteiger partial charge in [-0.1, -0.05) is 17.4 Å². The zero-order chi connectivity index (χ0) is 23.7. The maximum atomic E-state index is 13.8. The summed E-state index contributed by atoms with van der Waals surface area (Å²) in [6.45, 7) is 1.72. The molecule has 4 heterocycles. The minimum atomic E-state index is -3.60. The maximum Gasteiger partial charge on any atom is 0.252 e. The zero-order valence-corrected chi connectivity index (χ0v) is 21.3. The van der Waals surface area contributed by atoms with Crippen LogP contribution >= 0.6 is 22.7 Å². The fourth-order valence-electron chi connectivity index (χ4n) is 4.51. The van der Waals surface area contributed by atoms with Gasteiger partial charge in [0.15, 0.2) is 5.13 Å². The van der Waals surface area contributed by atoms with E-state index in [0.29, 0.717) is 41.9 Å². The highest BCUT2D eigenvalue weighted by Crippen LogP contribution is 2.34. The van der Waals surface area contributed by atoms with Crippen LogP contribution in [0.25, 0.3) is 10.2 Å². The largest absolute Gasteiger partial charge is 0.497 e. The number of hydrogen-bond acceptors (Lipinski definition) is 8. The van der Waals surface area contributed by atoms with Gasteiger partial charge in [0.05, 0.1) is 35.9 Å². The Morgan fingerprint density at radius 3 is 2.91 bits per heavy atom. The van der Waals surface area contributed by atoms with Gasteiger partial charge < -0.3 is 9.47 Å². The fourth-order valence-corrected chi connectivity index (χ4v) is 8.19. The van der Waals surface area contributed by atoms with Crippen molar-refractivity contribution < 1.29 is 22.7 Å². The van der Waals surface area contributed by atoms with Gasteiger partial charge in [-0.3, -0.25) is 9.69 Å². The highest BCUT2D eigenvalue weighted by Gasteiger charge is 2.37. The lowest BCUT2D eigenvalue weighted by Crippen LogP contribution is -2.48. The van der Waals surface area contributed by atoms with Crippen molar-refractivity contribution in [2.45, 2.75) is 36.0 Å². The smallest absolute Gasteiger partial charge is 0.252 e. The second-order valence-electron chi connectivity index (χ2n) is 8.55. The van der Waals surface area contributed by atoms with E-state index in [1.54, 1.807) is 29.5 Å². The average Bonchev–Trinajstić information content (AvgIpc) is 3.63. The quantitative estimate of drug-likeness (QED) is 0.467. The standard InChI is InChI=1S/C23H27N3O5S3/c1-30-17-8-9-19-20(13-17)33-23(24-19)26(15-18-6-3-11-31-18)22(27)16-5-2-10-25(14-16)34(28,29)21-7-4-12-32-21/h4,7-9,12-13,16,18H,2-3,5-6,10-11,14-15H2,1H3. The molecular formula is C23H27N3O5S3. The Labute approximate surface area is 207 Å². The van der Waals surface area contributed by atoms with Crippen LogP contribution in [0, 0.1) is 5.92 Å². The number of rotatable bonds is 7. The van der Waals surface area contributed by atoms with E-state index in [9.17, 15) is 13.2 Å². The summed E-state index contributed by atoms with van der Waals surface area (Å²) in [4.78, 5) is 20.3. The number of benzene rings is 1. The van der Waals surface area contributed by atoms with Crippen LogP contribution in [-0.2, 0) is 19.6 Å². The van der Waals surface area contributed by atoms with E-state index in [1.807, 2.05) is 18.2 Å². The number of amides is 1. The molecule has 1 amide bonds. The third-order valence-corrected chi connectivity index (χ3v) is 10.6. The van der Waals surface area contributed by atoms with Gasteiger partial charge in [-0.15, -0.1) is 11.3 Å². The van der Waals surface area contributed by atoms with Crippen LogP contribution in [0.4, 0.5) is 5.13 Å². The lowest BCUT2D eigenvalue weighted by molar-refractivity contribution is -0.123. The maximum absolute atomic E-state index is 13.8. The van der Waals surface area contributed by atoms with Crippen LogP contribution in [0.1, 0.15) is 25.7 Å². The number of hydrogen-bond donors (Lipinski definition) is 0. The number of carbonyl (C=O) groups is 1. The Hall–Kier alpha value is -2.05. The van der Waals surface area contributed by atoms with E-state index >= 15 is 0 Å². The van der Waals surface area contributed by atoms with Gasteiger partial charge in [-0.25, -0.2) is 13.4 Å². The number of piperidine rings is 1. The first-order valence-corrected chi connectivity index (χ1v) is 14.5. The van der Waals surface area contributed by atoms with E-state index in [-0.39, 0.29) is 18.6 Å². The monoisotopic (exact) mass is 521 g/mol. The summed E-state index contributed by atoms with van der Waals surface area (Å²) < 4.78 is 40.0. The number of carbonyl (C=O) groups excluding carboxylic acids is 1. The molecule has 2 atom stereocenters. The molecule has 0 spiro atoms. The number of nitrogens with zero attached hydrogens (tertiary/aromatic N) is 3. The number of thiophene rings is 1. The average molecular weight is 522 g/mol. The molecule has 2 unspecified atom stereocenters. The van der Waals surface area contributed by atoms with E-state index in [1.165, 1.54) is 27.0 Å². The van der Waals surface area contributed by atoms with Gasteiger partial charge >= 0.3 is 0 Å². The molecule has 2 aliphatic heterocycles. The summed E-state index contributed by atoms with van der Waals surface area (Å²) in [7, 11) is -1.98. The number of methoxy groups -OCH3 is 1. The topological polar surface area (TPSA) is 89.0 Å². The fraction of sp³-hybridized carbons (Fsp3) is 0.478. The SMILES string of the molecule is COc1ccc2nc(N(CC3CCCO3)C(=O)C3CCCN(S(=O)(=O)c4cccs4)C3)sc2c1. The normalized spacial score (nSPS) is 21.7. The molecule has 2 fully saturated rings. The first kappa shape index (κ1) is 23.7. The molecule has 2 aromatic heterocycles. The van der Waals surface area contributed by atoms with E-state index in [0.717, 1.165) is 28.8 Å². The first-order valence-electron chi connectivity index (χ1n) is 11.4. The van der Waals surface area contributed by atoms with Gasteiger partial charge in [0.1, 0.15) is 9.96 Å². The number of anilines is 1. The Balaban J connectivity index is 1.42. The molecule has 5 rings (SSSR count). The Bertz CT molecular complexity index is 1250. The lowest BCUT2D eigenvalue weighted by Gasteiger charge is -2.34. The van der Waals surface area contributed by atoms with Gasteiger partial charge in [-0.05, 0) is 55.3 Å². The molecule has 8 nitrogen and oxygen atoms in total. The highest BCUT2D eigenvalue weighted by atomic mass is 32.2. The zero-order valence-electron chi connectivity index (χ0n) is 18.9. The highest BCUT2D eigenvalue weighted by molar-refractivity contribution is 7.91. The second-order valence-corrected chi connectivity index (χ2v) is 12.7. The number of fused-ring (bicyclic) bond motifs is 1. The summed E-state index contributed by atoms with van der Waals surface area (Å²) >= 11 is 2.65. The molecule has 0 aliphatic carbocycles. The molecule has 0 N–H and O–H groups in total. The minimum absolute atomic E-state index is 0.0416. The first-order chi connectivity index (χ1) is 16.5. The molecular weight excluding hydrogens is 494 g/mol. The van der Waals surface area contributed by atoms with Crippen molar-refractivity contribution in [3.05, 3.63) is 35.7 Å². The minimum Gasteiger partial charge on any atom is -0.497 e. The summed E-state index contributed by atoms with van der Waals surface area (Å²) in [6.07, 6.45) is 3.12. The van der Waals surface area contributed by atoms with Gasteiger partial charge in [0.2, 0.25) is 5.91 Å². The molecule has 0 bridgehead atoms. The Morgan fingerprint density at radius 2 is 2.18 bits per heavy atom. The molecule has 2 aliphatic rings. The van der Waals surface area contributed by atoms with Crippen molar-refractivity contribution in [1.82, 2.24) is 9.29 Å². The Morgan fingerprint density at radius 1 is 1.29 bits per heavy atom. The van der Waals surface area contributed by atoms with Crippen molar-refractivity contribution in [3.63, 3.8) is 0 Å². The molecule has 34 heavy (non-hydrogen) atoms. The molecule has 0 radical (unpaired) electrons. The lowest BCUT2D eigenvalue weighted by atomic mass is 9.98. The number of sulfonamides is 1. The second kappa shape index (κ2) is 9.90. The van der Waals surface area contributed by atoms with Crippen molar-refractivity contribution >= 4 is 54.0 Å². The summed E-state index contributed by atoms with van der Waals surface area (Å²) in [5, 5.41) is 2.37. The van der Waals surface area contributed by atoms with Crippen molar-refractivity contribution in [3.8, 4) is 5.75 Å². The van der Waals surface area contributed by atoms with E-state index in [4.69, 9.17) is 14.5 Å². The van der Waals surface area contributed by atoms with Gasteiger partial charge in [0, 0.05) is 19.7 Å². The predicted octanol–water partition coefficient (Wildman–Crippen LogP) is 3.98. The van der Waals surface area contributed by atoms with Gasteiger partial charge in [0.25, 0.3) is 10.0 Å². The summed E-state index contributed by atoms with van der Waals surface area (Å²) in [5.74, 6) is 0.223. The van der Waals surface area contributed by atoms with Crippen LogP contribution in [0.15, 0.2) is 39.9 Å². The Kier molecular flexibility index (Phi) is 6.90. The van der Waals surface area contributed by atoms with Crippen LogP contribution < -0.4 is 9.64 Å². The summed E-state index contributed by atoms with van der Waals surface area (Å²) in [5.41, 5.74) is 0.802. The van der Waals surface area contributed by atoms with Crippen molar-refractivity contribution in [2.75, 3.05) is 38.3 Å². The molecule has 3 aromatic rings. The molecule has 11 heteroatoms. The number of thiazole rings is 1. The molecule has 0 saturated carbocycles. The molecule has 2 saturated heterocycles. The molecule has 182 valence electrons. The van der Waals surface area contributed by atoms with Crippen LogP contribution in [0.5, 0.6) is 5.75 Å². The third-order valence-electron chi connectivity index (χ3n) is 6.31. The van der Waals surface area contributed by atoms with E-state index in [2.05, 4.69) is 0 Å². The van der Waals surface area contributed by atoms with Crippen LogP contribution in [-0.4, -0.2) is 63.1 Å². The molecule has 1 aromatic carbocycles. The van der Waals surface area contributed by atoms with Crippen molar-refractivity contribution in [2.24, 2.45) is 5.92 Å². The van der Waals surface area contributed by atoms with Crippen LogP contribution in [0.3, 0.4) is 0 Å². The predicted molar refractivity (Wildman–Crippen MR) is 133 cm³/mol. The number of ether oxygens (including phenoxy) is 2. The van der Waals surface area contributed by atoms with Crippen molar-refractivity contribution in [1.29, 1.82) is 0 Å². The van der Waals surface area contributed by atoms with Crippen LogP contribution in [0.2, 0.25) is 0 Å². The van der Waals surface area contributed by atoms with Gasteiger partial charge in [-0.2, -0.15) is 4.31 Å². The number of aromatic nitrogens is 1.